The number of hydrogen-bond acceptors (Lipinski definition) is 5. The van der Waals surface area contributed by atoms with Crippen molar-refractivity contribution in [3.63, 3.8) is 0 Å². The van der Waals surface area contributed by atoms with Crippen molar-refractivity contribution in [3.8, 4) is 11.5 Å². The molecule has 0 atom stereocenters. The first-order valence-electron chi connectivity index (χ1n) is 9.82. The van der Waals surface area contributed by atoms with Gasteiger partial charge in [0.05, 0.1) is 11.4 Å². The second-order valence-electron chi connectivity index (χ2n) is 7.33. The monoisotopic (exact) mass is 472 g/mol. The summed E-state index contributed by atoms with van der Waals surface area (Å²) < 4.78 is 38.4. The van der Waals surface area contributed by atoms with Gasteiger partial charge in [-0.1, -0.05) is 41.4 Å². The first-order valence-corrected chi connectivity index (χ1v) is 11.6. The van der Waals surface area contributed by atoms with Gasteiger partial charge >= 0.3 is 0 Å². The summed E-state index contributed by atoms with van der Waals surface area (Å²) in [4.78, 5) is 12.9. The molecule has 1 heterocycles. The third-order valence-corrected chi connectivity index (χ3v) is 6.93. The van der Waals surface area contributed by atoms with E-state index < -0.39 is 15.9 Å². The summed E-state index contributed by atoms with van der Waals surface area (Å²) >= 11 is 5.91. The fourth-order valence-electron chi connectivity index (χ4n) is 3.33. The van der Waals surface area contributed by atoms with Crippen LogP contribution in [0, 0.1) is 6.92 Å². The van der Waals surface area contributed by atoms with Crippen molar-refractivity contribution in [2.24, 2.45) is 0 Å². The molecule has 0 bridgehead atoms. The van der Waals surface area contributed by atoms with Crippen molar-refractivity contribution in [2.75, 3.05) is 18.7 Å². The van der Waals surface area contributed by atoms with Crippen LogP contribution >= 0.6 is 11.6 Å². The van der Waals surface area contributed by atoms with E-state index in [0.29, 0.717) is 22.2 Å². The number of carbonyl (C=O) groups is 1. The number of nitrogens with zero attached hydrogens (tertiary/aromatic N) is 1. The predicted octanol–water partition coefficient (Wildman–Crippen LogP) is 4.21. The van der Waals surface area contributed by atoms with E-state index in [1.54, 1.807) is 18.2 Å². The van der Waals surface area contributed by atoms with Gasteiger partial charge in [0.2, 0.25) is 22.7 Å². The summed E-state index contributed by atoms with van der Waals surface area (Å²) in [6, 6.07) is 18.4. The molecule has 0 aliphatic carbocycles. The van der Waals surface area contributed by atoms with Crippen LogP contribution in [0.5, 0.6) is 11.5 Å². The van der Waals surface area contributed by atoms with Gasteiger partial charge in [0, 0.05) is 23.3 Å². The van der Waals surface area contributed by atoms with Crippen LogP contribution in [0.1, 0.15) is 11.1 Å². The molecule has 9 heteroatoms. The molecule has 0 saturated heterocycles. The molecule has 0 saturated carbocycles. The van der Waals surface area contributed by atoms with Gasteiger partial charge in [-0.2, -0.15) is 4.31 Å². The van der Waals surface area contributed by atoms with Crippen LogP contribution in [0.4, 0.5) is 5.69 Å². The Morgan fingerprint density at radius 2 is 1.78 bits per heavy atom. The van der Waals surface area contributed by atoms with Gasteiger partial charge in [0.25, 0.3) is 0 Å². The molecule has 0 spiro atoms. The quantitative estimate of drug-likeness (QED) is 0.557. The smallest absolute Gasteiger partial charge is 0.243 e. The maximum absolute atomic E-state index is 13.3. The Kier molecular flexibility index (Phi) is 6.36. The molecule has 166 valence electrons. The Bertz CT molecular complexity index is 1250. The maximum atomic E-state index is 13.3. The number of amides is 1. The van der Waals surface area contributed by atoms with E-state index in [9.17, 15) is 13.2 Å². The summed E-state index contributed by atoms with van der Waals surface area (Å²) in [5.74, 6) is 0.636. The Morgan fingerprint density at radius 3 is 2.53 bits per heavy atom. The summed E-state index contributed by atoms with van der Waals surface area (Å²) in [6.45, 7) is 1.72. The minimum absolute atomic E-state index is 0.0429. The molecule has 0 fully saturated rings. The van der Waals surface area contributed by atoms with Crippen LogP contribution < -0.4 is 14.8 Å². The molecular formula is C23H21ClN2O5S. The van der Waals surface area contributed by atoms with E-state index in [2.05, 4.69) is 5.32 Å². The third kappa shape index (κ3) is 5.04. The van der Waals surface area contributed by atoms with Gasteiger partial charge in [-0.3, -0.25) is 4.79 Å². The van der Waals surface area contributed by atoms with E-state index in [4.69, 9.17) is 21.1 Å². The molecule has 0 unspecified atom stereocenters. The van der Waals surface area contributed by atoms with Crippen LogP contribution in [0.3, 0.4) is 0 Å². The van der Waals surface area contributed by atoms with Crippen LogP contribution in [0.15, 0.2) is 71.6 Å². The van der Waals surface area contributed by atoms with Crippen molar-refractivity contribution in [1.29, 1.82) is 0 Å². The van der Waals surface area contributed by atoms with Crippen LogP contribution in [0.25, 0.3) is 0 Å². The molecule has 1 aliphatic rings. The molecule has 3 aromatic carbocycles. The number of hydrogen-bond donors (Lipinski definition) is 1. The Balaban J connectivity index is 1.58. The molecule has 1 amide bonds. The minimum Gasteiger partial charge on any atom is -0.454 e. The van der Waals surface area contributed by atoms with Crippen LogP contribution in [-0.2, 0) is 21.4 Å². The number of nitrogens with one attached hydrogen (secondary N) is 1. The van der Waals surface area contributed by atoms with E-state index in [1.165, 1.54) is 24.3 Å². The van der Waals surface area contributed by atoms with E-state index in [-0.39, 0.29) is 24.8 Å². The van der Waals surface area contributed by atoms with Crippen molar-refractivity contribution in [1.82, 2.24) is 4.31 Å². The average molecular weight is 473 g/mol. The maximum Gasteiger partial charge on any atom is 0.243 e. The zero-order chi connectivity index (χ0) is 22.7. The number of halogens is 1. The normalized spacial score (nSPS) is 12.7. The molecule has 7 nitrogen and oxygen atoms in total. The highest BCUT2D eigenvalue weighted by Gasteiger charge is 2.27. The van der Waals surface area contributed by atoms with Gasteiger partial charge in [-0.05, 0) is 48.9 Å². The number of carbonyl (C=O) groups excluding carboxylic acids is 1. The topological polar surface area (TPSA) is 84.9 Å². The molecule has 0 radical (unpaired) electrons. The third-order valence-electron chi connectivity index (χ3n) is 4.87. The molecule has 3 aromatic rings. The predicted molar refractivity (Wildman–Crippen MR) is 121 cm³/mol. The fourth-order valence-corrected chi connectivity index (χ4v) is 4.84. The minimum atomic E-state index is -3.96. The van der Waals surface area contributed by atoms with Gasteiger partial charge in [0.15, 0.2) is 11.5 Å². The number of benzene rings is 3. The molecule has 0 aromatic heterocycles. The van der Waals surface area contributed by atoms with Gasteiger partial charge in [-0.15, -0.1) is 0 Å². The standard InChI is InChI=1S/C23H21ClN2O5S/c1-16-3-2-4-17(11-16)13-26(32(28,29)20-8-5-18(24)6-9-20)14-23(27)25-19-7-10-21-22(12-19)31-15-30-21/h2-12H,13-15H2,1H3,(H,25,27). The number of sulfonamides is 1. The Labute approximate surface area is 191 Å². The van der Waals surface area contributed by atoms with E-state index in [0.717, 1.165) is 15.4 Å². The summed E-state index contributed by atoms with van der Waals surface area (Å²) in [6.07, 6.45) is 0. The first kappa shape index (κ1) is 22.1. The number of fused-ring (bicyclic) bond motifs is 1. The number of aryl methyl sites for hydroxylation is 1. The molecule has 1 N–H and O–H groups in total. The first-order chi connectivity index (χ1) is 15.3. The molecule has 4 rings (SSSR count). The largest absolute Gasteiger partial charge is 0.454 e. The lowest BCUT2D eigenvalue weighted by atomic mass is 10.1. The second-order valence-corrected chi connectivity index (χ2v) is 9.71. The summed E-state index contributed by atoms with van der Waals surface area (Å²) in [5.41, 5.74) is 2.26. The fraction of sp³-hybridized carbons (Fsp3) is 0.174. The van der Waals surface area contributed by atoms with Gasteiger partial charge in [0.1, 0.15) is 0 Å². The lowest BCUT2D eigenvalue weighted by Crippen LogP contribution is -2.37. The second kappa shape index (κ2) is 9.20. The highest BCUT2D eigenvalue weighted by atomic mass is 35.5. The van der Waals surface area contributed by atoms with Crippen molar-refractivity contribution < 1.29 is 22.7 Å². The lowest BCUT2D eigenvalue weighted by molar-refractivity contribution is -0.116. The molecular weight excluding hydrogens is 452 g/mol. The van der Waals surface area contributed by atoms with E-state index >= 15 is 0 Å². The zero-order valence-electron chi connectivity index (χ0n) is 17.2. The lowest BCUT2D eigenvalue weighted by Gasteiger charge is -2.22. The molecule has 32 heavy (non-hydrogen) atoms. The van der Waals surface area contributed by atoms with E-state index in [1.807, 2.05) is 31.2 Å². The van der Waals surface area contributed by atoms with Crippen LogP contribution in [0.2, 0.25) is 5.02 Å². The van der Waals surface area contributed by atoms with Crippen molar-refractivity contribution in [3.05, 3.63) is 82.9 Å². The van der Waals surface area contributed by atoms with Gasteiger partial charge in [-0.25, -0.2) is 8.42 Å². The highest BCUT2D eigenvalue weighted by Crippen LogP contribution is 2.34. The molecule has 1 aliphatic heterocycles. The average Bonchev–Trinajstić information content (AvgIpc) is 3.21. The SMILES string of the molecule is Cc1cccc(CN(CC(=O)Nc2ccc3c(c2)OCO3)S(=O)(=O)c2ccc(Cl)cc2)c1. The highest BCUT2D eigenvalue weighted by molar-refractivity contribution is 7.89. The Hall–Kier alpha value is -3.07. The van der Waals surface area contributed by atoms with Crippen molar-refractivity contribution >= 4 is 33.2 Å². The Morgan fingerprint density at radius 1 is 1.03 bits per heavy atom. The van der Waals surface area contributed by atoms with Crippen LogP contribution in [-0.4, -0.2) is 32.0 Å². The number of ether oxygens (including phenoxy) is 2. The van der Waals surface area contributed by atoms with Crippen molar-refractivity contribution in [2.45, 2.75) is 18.4 Å². The number of anilines is 1. The summed E-state index contributed by atoms with van der Waals surface area (Å²) in [7, 11) is -3.96. The zero-order valence-corrected chi connectivity index (χ0v) is 18.8. The summed E-state index contributed by atoms with van der Waals surface area (Å²) in [5, 5.41) is 3.16. The number of rotatable bonds is 7. The van der Waals surface area contributed by atoms with Gasteiger partial charge < -0.3 is 14.8 Å².